The van der Waals surface area contributed by atoms with E-state index < -0.39 is 0 Å². The van der Waals surface area contributed by atoms with Gasteiger partial charge in [-0.15, -0.1) is 0 Å². The Morgan fingerprint density at radius 2 is 2.08 bits per heavy atom. The molecular weight excluding hydrogens is 459 g/mol. The zero-order chi connectivity index (χ0) is 24.8. The first-order valence-corrected chi connectivity index (χ1v) is 12.0. The van der Waals surface area contributed by atoms with Crippen molar-refractivity contribution >= 4 is 22.9 Å². The molecular formula is C27H27FN6O2. The lowest BCUT2D eigenvalue weighted by molar-refractivity contribution is 0.0966. The van der Waals surface area contributed by atoms with Crippen LogP contribution in [0.5, 0.6) is 0 Å². The Balaban J connectivity index is 1.38. The number of amides is 1. The van der Waals surface area contributed by atoms with Crippen molar-refractivity contribution in [3.8, 4) is 11.1 Å². The average molecular weight is 487 g/mol. The summed E-state index contributed by atoms with van der Waals surface area (Å²) in [5.41, 5.74) is 6.94. The van der Waals surface area contributed by atoms with E-state index in [1.807, 2.05) is 32.3 Å². The number of nitrogens with zero attached hydrogens (tertiary/aromatic N) is 4. The fourth-order valence-electron chi connectivity index (χ4n) is 5.17. The van der Waals surface area contributed by atoms with E-state index in [2.05, 4.69) is 26.7 Å². The number of benzene rings is 1. The van der Waals surface area contributed by atoms with Crippen LogP contribution in [0.4, 0.5) is 15.9 Å². The maximum atomic E-state index is 13.7. The smallest absolute Gasteiger partial charge is 0.254 e. The highest BCUT2D eigenvalue weighted by molar-refractivity contribution is 6.06. The van der Waals surface area contributed by atoms with E-state index in [0.717, 1.165) is 47.5 Å². The fourth-order valence-corrected chi connectivity index (χ4v) is 5.17. The van der Waals surface area contributed by atoms with Gasteiger partial charge < -0.3 is 20.3 Å². The summed E-state index contributed by atoms with van der Waals surface area (Å²) >= 11 is 0. The molecule has 2 N–H and O–H groups in total. The molecule has 3 aromatic heterocycles. The molecule has 0 bridgehead atoms. The van der Waals surface area contributed by atoms with Gasteiger partial charge in [-0.3, -0.25) is 4.79 Å². The SMILES string of the molecule is CN(C)Cc1nc(Nc2ccc(-c3cnn4cc(F)ccc34)c3c2C(=O)NC3)ccc1C1CCOC1. The Bertz CT molecular complexity index is 1470. The standard InChI is InChI=1S/C27H27FN6O2/c1-33(2)14-23-18(16-9-10-36-15-16)5-8-25(32-23)31-22-6-4-19(21-11-29-27(35)26(21)22)20-12-30-34-13-17(28)3-7-24(20)34/h3-8,12-13,16H,9-11,14-15H2,1-2H3,(H,29,35)(H,31,32). The van der Waals surface area contributed by atoms with Crippen molar-refractivity contribution in [1.29, 1.82) is 0 Å². The summed E-state index contributed by atoms with van der Waals surface area (Å²) < 4.78 is 20.8. The lowest BCUT2D eigenvalue weighted by atomic mass is 9.95. The molecule has 1 unspecified atom stereocenters. The summed E-state index contributed by atoms with van der Waals surface area (Å²) in [5, 5.41) is 10.6. The van der Waals surface area contributed by atoms with Crippen LogP contribution in [0, 0.1) is 5.82 Å². The van der Waals surface area contributed by atoms with Crippen LogP contribution in [0.1, 0.15) is 39.5 Å². The first kappa shape index (κ1) is 22.6. The van der Waals surface area contributed by atoms with Crippen LogP contribution in [-0.2, 0) is 17.8 Å². The molecule has 2 aliphatic rings. The summed E-state index contributed by atoms with van der Waals surface area (Å²) in [6.07, 6.45) is 4.05. The molecule has 8 nitrogen and oxygen atoms in total. The third-order valence-corrected chi connectivity index (χ3v) is 6.84. The molecule has 0 spiro atoms. The zero-order valence-corrected chi connectivity index (χ0v) is 20.2. The van der Waals surface area contributed by atoms with Crippen molar-refractivity contribution in [3.63, 3.8) is 0 Å². The minimum Gasteiger partial charge on any atom is -0.381 e. The third kappa shape index (κ3) is 4.00. The summed E-state index contributed by atoms with van der Waals surface area (Å²) in [5.74, 6) is 0.558. The van der Waals surface area contributed by atoms with Gasteiger partial charge in [0, 0.05) is 31.2 Å². The molecule has 1 saturated heterocycles. The average Bonchev–Trinajstić information content (AvgIpc) is 3.60. The van der Waals surface area contributed by atoms with Crippen LogP contribution in [0.2, 0.25) is 0 Å². The van der Waals surface area contributed by atoms with E-state index in [1.165, 1.54) is 22.3 Å². The normalized spacial score (nSPS) is 17.1. The number of hydrogen-bond acceptors (Lipinski definition) is 6. The number of anilines is 2. The van der Waals surface area contributed by atoms with Gasteiger partial charge in [0.25, 0.3) is 5.91 Å². The molecule has 1 atom stereocenters. The molecule has 1 amide bonds. The molecule has 0 aliphatic carbocycles. The van der Waals surface area contributed by atoms with Crippen molar-refractivity contribution in [3.05, 3.63) is 77.0 Å². The number of nitrogens with one attached hydrogen (secondary N) is 2. The van der Waals surface area contributed by atoms with Crippen LogP contribution in [-0.4, -0.2) is 52.7 Å². The highest BCUT2D eigenvalue weighted by Crippen LogP contribution is 2.37. The highest BCUT2D eigenvalue weighted by Gasteiger charge is 2.28. The first-order chi connectivity index (χ1) is 17.5. The minimum atomic E-state index is -0.355. The minimum absolute atomic E-state index is 0.134. The van der Waals surface area contributed by atoms with Gasteiger partial charge in [-0.25, -0.2) is 13.9 Å². The van der Waals surface area contributed by atoms with Crippen molar-refractivity contribution < 1.29 is 13.9 Å². The number of pyridine rings is 2. The van der Waals surface area contributed by atoms with Crippen molar-refractivity contribution in [1.82, 2.24) is 24.8 Å². The van der Waals surface area contributed by atoms with Crippen LogP contribution < -0.4 is 10.6 Å². The number of hydrogen-bond donors (Lipinski definition) is 2. The van der Waals surface area contributed by atoms with Gasteiger partial charge >= 0.3 is 0 Å². The molecule has 9 heteroatoms. The topological polar surface area (TPSA) is 83.8 Å². The Kier molecular flexibility index (Phi) is 5.66. The number of ether oxygens (including phenoxy) is 1. The molecule has 6 rings (SSSR count). The lowest BCUT2D eigenvalue weighted by Gasteiger charge is -2.19. The zero-order valence-electron chi connectivity index (χ0n) is 20.2. The first-order valence-electron chi connectivity index (χ1n) is 12.0. The summed E-state index contributed by atoms with van der Waals surface area (Å²) in [6, 6.07) is 11.1. The summed E-state index contributed by atoms with van der Waals surface area (Å²) in [4.78, 5) is 19.9. The van der Waals surface area contributed by atoms with E-state index in [0.29, 0.717) is 36.1 Å². The second-order valence-electron chi connectivity index (χ2n) is 9.59. The van der Waals surface area contributed by atoms with Crippen LogP contribution >= 0.6 is 0 Å². The van der Waals surface area contributed by atoms with Crippen molar-refractivity contribution in [2.24, 2.45) is 0 Å². The maximum absolute atomic E-state index is 13.7. The van der Waals surface area contributed by atoms with Crippen molar-refractivity contribution in [2.45, 2.75) is 25.4 Å². The summed E-state index contributed by atoms with van der Waals surface area (Å²) in [7, 11) is 4.06. The highest BCUT2D eigenvalue weighted by atomic mass is 19.1. The fraction of sp³-hybridized carbons (Fsp3) is 0.296. The Hall–Kier alpha value is -3.82. The van der Waals surface area contributed by atoms with E-state index in [4.69, 9.17) is 9.72 Å². The van der Waals surface area contributed by atoms with Crippen LogP contribution in [0.15, 0.2) is 48.8 Å². The maximum Gasteiger partial charge on any atom is 0.254 e. The molecule has 0 radical (unpaired) electrons. The number of rotatable bonds is 6. The van der Waals surface area contributed by atoms with Gasteiger partial charge in [0.1, 0.15) is 11.6 Å². The predicted octanol–water partition coefficient (Wildman–Crippen LogP) is 4.09. The van der Waals surface area contributed by atoms with Gasteiger partial charge in [0.2, 0.25) is 0 Å². The van der Waals surface area contributed by atoms with Gasteiger partial charge in [0.05, 0.1) is 41.5 Å². The number of aromatic nitrogens is 3. The van der Waals surface area contributed by atoms with E-state index >= 15 is 0 Å². The molecule has 36 heavy (non-hydrogen) atoms. The van der Waals surface area contributed by atoms with Gasteiger partial charge in [-0.05, 0) is 61.5 Å². The third-order valence-electron chi connectivity index (χ3n) is 6.84. The molecule has 0 saturated carbocycles. The molecule has 184 valence electrons. The van der Waals surface area contributed by atoms with E-state index in [9.17, 15) is 9.18 Å². The van der Waals surface area contributed by atoms with E-state index in [1.54, 1.807) is 12.3 Å². The quantitative estimate of drug-likeness (QED) is 0.427. The van der Waals surface area contributed by atoms with Crippen molar-refractivity contribution in [2.75, 3.05) is 32.6 Å². The largest absolute Gasteiger partial charge is 0.381 e. The molecule has 5 heterocycles. The molecule has 1 fully saturated rings. The van der Waals surface area contributed by atoms with Gasteiger partial charge in [0.15, 0.2) is 0 Å². The summed E-state index contributed by atoms with van der Waals surface area (Å²) in [6.45, 7) is 2.63. The molecule has 2 aliphatic heterocycles. The second kappa shape index (κ2) is 9.00. The van der Waals surface area contributed by atoms with Gasteiger partial charge in [-0.2, -0.15) is 5.10 Å². The molecule has 4 aromatic rings. The number of halogens is 1. The monoisotopic (exact) mass is 486 g/mol. The second-order valence-corrected chi connectivity index (χ2v) is 9.59. The van der Waals surface area contributed by atoms with Crippen LogP contribution in [0.25, 0.3) is 16.6 Å². The van der Waals surface area contributed by atoms with Gasteiger partial charge in [-0.1, -0.05) is 12.1 Å². The predicted molar refractivity (Wildman–Crippen MR) is 135 cm³/mol. The Morgan fingerprint density at radius 1 is 1.19 bits per heavy atom. The van der Waals surface area contributed by atoms with Crippen LogP contribution in [0.3, 0.4) is 0 Å². The number of carbonyl (C=O) groups excluding carboxylic acids is 1. The Labute approximate surface area is 208 Å². The number of carbonyl (C=O) groups is 1. The Morgan fingerprint density at radius 3 is 2.89 bits per heavy atom. The van der Waals surface area contributed by atoms with E-state index in [-0.39, 0.29) is 11.7 Å². The lowest BCUT2D eigenvalue weighted by Crippen LogP contribution is -2.16. The number of fused-ring (bicyclic) bond motifs is 2. The molecule has 1 aromatic carbocycles.